The molecule has 0 N–H and O–H groups in total. The van der Waals surface area contributed by atoms with Gasteiger partial charge in [-0.25, -0.2) is 15.0 Å². The number of nitrogens with zero attached hydrogens (tertiary/aromatic N) is 5. The molecule has 3 aromatic heterocycles. The highest BCUT2D eigenvalue weighted by Crippen LogP contribution is 2.42. The summed E-state index contributed by atoms with van der Waals surface area (Å²) >= 11 is 0. The van der Waals surface area contributed by atoms with Crippen LogP contribution in [-0.2, 0) is 6.18 Å². The number of hydrogen-bond donors (Lipinski definition) is 0. The summed E-state index contributed by atoms with van der Waals surface area (Å²) in [6.07, 6.45) is -4.56. The number of hydrogen-bond acceptors (Lipinski definition) is 3. The second kappa shape index (κ2) is 13.9. The summed E-state index contributed by atoms with van der Waals surface area (Å²) < 4.78 is 48.2. The second-order valence-electron chi connectivity index (χ2n) is 14.7. The molecule has 0 aliphatic carbocycles. The Kier molecular flexibility index (Phi) is 8.20. The molecular formula is C52H32F3N5. The molecule has 0 radical (unpaired) electrons. The van der Waals surface area contributed by atoms with Gasteiger partial charge in [0, 0.05) is 43.9 Å². The summed E-state index contributed by atoms with van der Waals surface area (Å²) in [6, 6.07) is 61.9. The lowest BCUT2D eigenvalue weighted by molar-refractivity contribution is -0.137. The van der Waals surface area contributed by atoms with Crippen molar-refractivity contribution in [1.82, 2.24) is 24.1 Å². The van der Waals surface area contributed by atoms with Gasteiger partial charge in [-0.1, -0.05) is 140 Å². The van der Waals surface area contributed by atoms with E-state index in [-0.39, 0.29) is 5.56 Å². The van der Waals surface area contributed by atoms with E-state index in [0.717, 1.165) is 55.7 Å². The van der Waals surface area contributed by atoms with E-state index in [9.17, 15) is 13.2 Å². The standard InChI is InChI=1S/C52H32F3N5/c53-52(54,55)43-23-11-7-19-37(43)35-27-29-41(51-57-49(33-15-3-1-4-16-33)56-50(58-51)34-17-5-2-6-18-34)48(31-35)60-46-26-14-10-22-40(46)42-32-36(28-30-47(42)60)59-44-24-12-8-20-38(44)39-21-9-13-25-45(39)59/h1-32H. The van der Waals surface area contributed by atoms with Crippen LogP contribution in [-0.4, -0.2) is 24.1 Å². The summed E-state index contributed by atoms with van der Waals surface area (Å²) in [5.74, 6) is 1.35. The number of alkyl halides is 3. The van der Waals surface area contributed by atoms with Gasteiger partial charge in [-0.05, 0) is 65.7 Å². The second-order valence-corrected chi connectivity index (χ2v) is 14.7. The maximum absolute atomic E-state index is 14.6. The monoisotopic (exact) mass is 783 g/mol. The predicted molar refractivity (Wildman–Crippen MR) is 235 cm³/mol. The quantitative estimate of drug-likeness (QED) is 0.169. The molecule has 0 aliphatic rings. The molecule has 0 aliphatic heterocycles. The van der Waals surface area contributed by atoms with Crippen molar-refractivity contribution in [3.63, 3.8) is 0 Å². The van der Waals surface area contributed by atoms with Gasteiger partial charge >= 0.3 is 6.18 Å². The van der Waals surface area contributed by atoms with Crippen LogP contribution >= 0.6 is 0 Å². The average Bonchev–Trinajstić information content (AvgIpc) is 3.81. The van der Waals surface area contributed by atoms with Gasteiger partial charge in [0.15, 0.2) is 17.5 Å². The van der Waals surface area contributed by atoms with E-state index in [0.29, 0.717) is 34.3 Å². The lowest BCUT2D eigenvalue weighted by Gasteiger charge is -2.18. The number of fused-ring (bicyclic) bond motifs is 6. The SMILES string of the molecule is FC(F)(F)c1ccccc1-c1ccc(-c2nc(-c3ccccc3)nc(-c3ccccc3)n2)c(-n2c3ccccc3c3cc(-n4c5ccccc5c5ccccc54)ccc32)c1. The zero-order valence-corrected chi connectivity index (χ0v) is 31.8. The summed E-state index contributed by atoms with van der Waals surface area (Å²) in [5.41, 5.74) is 7.62. The third-order valence-electron chi connectivity index (χ3n) is 11.2. The Labute approximate surface area is 342 Å². The molecular weight excluding hydrogens is 752 g/mol. The van der Waals surface area contributed by atoms with Crippen LogP contribution in [0.3, 0.4) is 0 Å². The first kappa shape index (κ1) is 35.3. The molecule has 0 saturated heterocycles. The van der Waals surface area contributed by atoms with Gasteiger partial charge < -0.3 is 9.13 Å². The van der Waals surface area contributed by atoms with Crippen molar-refractivity contribution in [2.45, 2.75) is 6.18 Å². The lowest BCUT2D eigenvalue weighted by Crippen LogP contribution is -2.07. The highest BCUT2D eigenvalue weighted by atomic mass is 19.4. The van der Waals surface area contributed by atoms with Crippen molar-refractivity contribution < 1.29 is 13.2 Å². The number of para-hydroxylation sites is 3. The van der Waals surface area contributed by atoms with E-state index in [1.807, 2.05) is 91.0 Å². The van der Waals surface area contributed by atoms with Crippen LogP contribution < -0.4 is 0 Å². The van der Waals surface area contributed by atoms with E-state index >= 15 is 0 Å². The number of halogens is 3. The lowest BCUT2D eigenvalue weighted by atomic mass is 9.97. The topological polar surface area (TPSA) is 48.5 Å². The Hall–Kier alpha value is -7.84. The van der Waals surface area contributed by atoms with Gasteiger partial charge in [-0.15, -0.1) is 0 Å². The molecule has 8 heteroatoms. The average molecular weight is 784 g/mol. The van der Waals surface area contributed by atoms with Crippen molar-refractivity contribution in [2.24, 2.45) is 0 Å². The molecule has 11 aromatic rings. The van der Waals surface area contributed by atoms with Crippen molar-refractivity contribution in [3.05, 3.63) is 200 Å². The first-order valence-corrected chi connectivity index (χ1v) is 19.6. The number of benzene rings is 8. The van der Waals surface area contributed by atoms with E-state index in [1.54, 1.807) is 12.1 Å². The third kappa shape index (κ3) is 5.83. The fraction of sp³-hybridized carbons (Fsp3) is 0.0192. The molecule has 0 spiro atoms. The van der Waals surface area contributed by atoms with Crippen LogP contribution in [0.1, 0.15) is 5.56 Å². The summed E-state index contributed by atoms with van der Waals surface area (Å²) in [7, 11) is 0. The summed E-state index contributed by atoms with van der Waals surface area (Å²) in [5, 5.41) is 4.31. The molecule has 11 rings (SSSR count). The van der Waals surface area contributed by atoms with Gasteiger partial charge in [0.05, 0.1) is 33.3 Å². The maximum atomic E-state index is 14.6. The number of rotatable bonds is 6. The van der Waals surface area contributed by atoms with E-state index in [4.69, 9.17) is 15.0 Å². The van der Waals surface area contributed by atoms with Crippen molar-refractivity contribution in [1.29, 1.82) is 0 Å². The molecule has 5 nitrogen and oxygen atoms in total. The van der Waals surface area contributed by atoms with Crippen LogP contribution in [0.15, 0.2) is 194 Å². The van der Waals surface area contributed by atoms with Gasteiger partial charge in [-0.3, -0.25) is 0 Å². The minimum Gasteiger partial charge on any atom is -0.309 e. The Morgan fingerprint density at radius 3 is 1.43 bits per heavy atom. The molecule has 0 fully saturated rings. The summed E-state index contributed by atoms with van der Waals surface area (Å²) in [4.78, 5) is 15.1. The third-order valence-corrected chi connectivity index (χ3v) is 11.2. The van der Waals surface area contributed by atoms with Gasteiger partial charge in [0.25, 0.3) is 0 Å². The van der Waals surface area contributed by atoms with E-state index in [2.05, 4.69) is 81.9 Å². The van der Waals surface area contributed by atoms with Gasteiger partial charge in [-0.2, -0.15) is 13.2 Å². The van der Waals surface area contributed by atoms with Crippen molar-refractivity contribution in [3.8, 4) is 56.7 Å². The molecule has 60 heavy (non-hydrogen) atoms. The van der Waals surface area contributed by atoms with E-state index in [1.165, 1.54) is 22.9 Å². The zero-order valence-electron chi connectivity index (χ0n) is 31.8. The smallest absolute Gasteiger partial charge is 0.309 e. The van der Waals surface area contributed by atoms with Crippen molar-refractivity contribution >= 4 is 43.6 Å². The van der Waals surface area contributed by atoms with E-state index < -0.39 is 11.7 Å². The fourth-order valence-corrected chi connectivity index (χ4v) is 8.54. The molecule has 0 unspecified atom stereocenters. The van der Waals surface area contributed by atoms with Gasteiger partial charge in [0.2, 0.25) is 0 Å². The van der Waals surface area contributed by atoms with Gasteiger partial charge in [0.1, 0.15) is 0 Å². The number of aromatic nitrogens is 5. The maximum Gasteiger partial charge on any atom is 0.417 e. The molecule has 8 aromatic carbocycles. The van der Waals surface area contributed by atoms with Crippen LogP contribution in [0, 0.1) is 0 Å². The van der Waals surface area contributed by atoms with Crippen molar-refractivity contribution in [2.75, 3.05) is 0 Å². The van der Waals surface area contributed by atoms with Crippen LogP contribution in [0.25, 0.3) is 100 Å². The Bertz CT molecular complexity index is 3310. The Balaban J connectivity index is 1.21. The zero-order chi connectivity index (χ0) is 40.4. The largest absolute Gasteiger partial charge is 0.417 e. The highest BCUT2D eigenvalue weighted by molar-refractivity contribution is 6.12. The Morgan fingerprint density at radius 2 is 0.833 bits per heavy atom. The minimum atomic E-state index is -4.56. The van der Waals surface area contributed by atoms with Crippen LogP contribution in [0.2, 0.25) is 0 Å². The molecule has 0 atom stereocenters. The predicted octanol–water partition coefficient (Wildman–Crippen LogP) is 13.8. The first-order valence-electron chi connectivity index (χ1n) is 19.6. The fourth-order valence-electron chi connectivity index (χ4n) is 8.54. The molecule has 3 heterocycles. The normalized spacial score (nSPS) is 11.9. The molecule has 0 bridgehead atoms. The first-order chi connectivity index (χ1) is 29.4. The highest BCUT2D eigenvalue weighted by Gasteiger charge is 2.33. The molecule has 0 saturated carbocycles. The summed E-state index contributed by atoms with van der Waals surface area (Å²) in [6.45, 7) is 0. The molecule has 0 amide bonds. The van der Waals surface area contributed by atoms with Crippen LogP contribution in [0.4, 0.5) is 13.2 Å². The van der Waals surface area contributed by atoms with Crippen LogP contribution in [0.5, 0.6) is 0 Å². The molecule has 286 valence electrons. The minimum absolute atomic E-state index is 0.0813. The Morgan fingerprint density at radius 1 is 0.350 bits per heavy atom.